The number of aromatic nitrogens is 2. The lowest BCUT2D eigenvalue weighted by atomic mass is 9.66. The van der Waals surface area contributed by atoms with Crippen LogP contribution < -0.4 is 15.5 Å². The second-order valence-electron chi connectivity index (χ2n) is 8.36. The average molecular weight is 461 g/mol. The molecule has 0 radical (unpaired) electrons. The number of ether oxygens (including phenoxy) is 1. The molecule has 0 aliphatic carbocycles. The molecule has 3 aliphatic rings. The summed E-state index contributed by atoms with van der Waals surface area (Å²) in [6, 6.07) is -0.251. The number of urea groups is 1. The molecule has 0 saturated carbocycles. The summed E-state index contributed by atoms with van der Waals surface area (Å²) in [6.07, 6.45) is -1.14. The molecule has 168 valence electrons. The van der Waals surface area contributed by atoms with E-state index < -0.39 is 47.0 Å². The maximum absolute atomic E-state index is 15.6. The number of anilines is 1. The smallest absolute Gasteiger partial charge is 0.328 e. The number of barbiturate groups is 1. The van der Waals surface area contributed by atoms with Gasteiger partial charge in [-0.05, 0) is 32.4 Å². The van der Waals surface area contributed by atoms with Gasteiger partial charge in [0.15, 0.2) is 22.0 Å². The van der Waals surface area contributed by atoms with Crippen LogP contribution in [0.3, 0.4) is 0 Å². The van der Waals surface area contributed by atoms with Crippen molar-refractivity contribution in [2.24, 2.45) is 5.41 Å². The van der Waals surface area contributed by atoms with Crippen LogP contribution in [0.4, 0.5) is 14.9 Å². The summed E-state index contributed by atoms with van der Waals surface area (Å²) in [5.74, 6) is -2.97. The predicted octanol–water partition coefficient (Wildman–Crippen LogP) is 1.25. The summed E-state index contributed by atoms with van der Waals surface area (Å²) < 4.78 is 21.5. The number of aryl methyl sites for hydroxylation is 1. The van der Waals surface area contributed by atoms with E-state index in [1.165, 1.54) is 17.4 Å². The van der Waals surface area contributed by atoms with E-state index >= 15 is 4.39 Å². The quantitative estimate of drug-likeness (QED) is 0.541. The number of imide groups is 2. The minimum Gasteiger partial charge on any atom is -0.504 e. The number of aromatic hydroxyl groups is 1. The molecule has 2 saturated heterocycles. The van der Waals surface area contributed by atoms with Crippen molar-refractivity contribution in [2.45, 2.75) is 45.4 Å². The van der Waals surface area contributed by atoms with Gasteiger partial charge in [-0.25, -0.2) is 9.18 Å². The minimum atomic E-state index is -1.72. The Kier molecular flexibility index (Phi) is 4.50. The number of halogens is 1. The second-order valence-corrected chi connectivity index (χ2v) is 9.54. The largest absolute Gasteiger partial charge is 0.504 e. The Morgan fingerprint density at radius 2 is 1.94 bits per heavy atom. The molecule has 0 bridgehead atoms. The minimum absolute atomic E-state index is 0.114. The van der Waals surface area contributed by atoms with E-state index in [9.17, 15) is 19.5 Å². The van der Waals surface area contributed by atoms with Gasteiger partial charge in [0.2, 0.25) is 11.8 Å². The van der Waals surface area contributed by atoms with Crippen molar-refractivity contribution in [3.8, 4) is 16.3 Å². The Morgan fingerprint density at radius 3 is 2.56 bits per heavy atom. The lowest BCUT2D eigenvalue weighted by molar-refractivity contribution is -0.153. The molecule has 3 atom stereocenters. The van der Waals surface area contributed by atoms with Crippen LogP contribution in [0.15, 0.2) is 6.07 Å². The predicted molar refractivity (Wildman–Crippen MR) is 111 cm³/mol. The number of phenolic OH excluding ortho intramolecular Hbond substituents is 1. The summed E-state index contributed by atoms with van der Waals surface area (Å²) in [7, 11) is 0. The lowest BCUT2D eigenvalue weighted by Gasteiger charge is -2.55. The molecule has 2 aromatic rings. The zero-order valence-electron chi connectivity index (χ0n) is 17.4. The number of benzene rings is 1. The topological polar surface area (TPSA) is 134 Å². The van der Waals surface area contributed by atoms with Crippen LogP contribution in [-0.2, 0) is 20.7 Å². The lowest BCUT2D eigenvalue weighted by Crippen LogP contribution is -2.75. The Labute approximate surface area is 185 Å². The molecule has 4 amide bonds. The third-order valence-electron chi connectivity index (χ3n) is 6.26. The number of carbonyl (C=O) groups is 3. The number of phenols is 1. The van der Waals surface area contributed by atoms with Crippen molar-refractivity contribution in [3.05, 3.63) is 22.5 Å². The van der Waals surface area contributed by atoms with Gasteiger partial charge in [0.25, 0.3) is 0 Å². The Hall–Kier alpha value is -3.12. The van der Waals surface area contributed by atoms with Gasteiger partial charge in [-0.15, -0.1) is 10.2 Å². The van der Waals surface area contributed by atoms with E-state index in [0.29, 0.717) is 15.6 Å². The first kappa shape index (κ1) is 20.8. The summed E-state index contributed by atoms with van der Waals surface area (Å²) in [5.41, 5.74) is -1.14. The van der Waals surface area contributed by atoms with E-state index in [1.807, 2.05) is 0 Å². The molecule has 10 nitrogen and oxygen atoms in total. The maximum Gasteiger partial charge on any atom is 0.328 e. The van der Waals surface area contributed by atoms with Gasteiger partial charge in [-0.1, -0.05) is 11.3 Å². The first-order chi connectivity index (χ1) is 15.1. The van der Waals surface area contributed by atoms with Crippen molar-refractivity contribution in [1.29, 1.82) is 0 Å². The van der Waals surface area contributed by atoms with Gasteiger partial charge in [0.1, 0.15) is 5.01 Å². The van der Waals surface area contributed by atoms with E-state index in [1.54, 1.807) is 25.7 Å². The third kappa shape index (κ3) is 2.75. The van der Waals surface area contributed by atoms with E-state index in [4.69, 9.17) is 4.74 Å². The number of hydrogen-bond donors (Lipinski definition) is 3. The first-order valence-electron chi connectivity index (χ1n) is 10.1. The van der Waals surface area contributed by atoms with Gasteiger partial charge in [0, 0.05) is 13.0 Å². The third-order valence-corrected chi connectivity index (χ3v) is 7.13. The molecule has 3 aliphatic heterocycles. The van der Waals surface area contributed by atoms with Crippen LogP contribution in [0.1, 0.15) is 24.4 Å². The molecular formula is C20H20FN5O5S. The molecule has 32 heavy (non-hydrogen) atoms. The molecule has 1 aromatic carbocycles. The Balaban J connectivity index is 1.75. The Bertz CT molecular complexity index is 1160. The second kappa shape index (κ2) is 6.94. The molecule has 3 N–H and O–H groups in total. The van der Waals surface area contributed by atoms with Gasteiger partial charge in [0.05, 0.1) is 29.5 Å². The van der Waals surface area contributed by atoms with Crippen LogP contribution in [-0.4, -0.2) is 57.9 Å². The molecule has 2 fully saturated rings. The average Bonchev–Trinajstić information content (AvgIpc) is 3.14. The van der Waals surface area contributed by atoms with Crippen molar-refractivity contribution in [2.75, 3.05) is 11.4 Å². The number of amides is 4. The fraction of sp³-hybridized carbons (Fsp3) is 0.450. The van der Waals surface area contributed by atoms with Gasteiger partial charge in [-0.2, -0.15) is 0 Å². The van der Waals surface area contributed by atoms with Gasteiger partial charge < -0.3 is 14.7 Å². The molecule has 1 aromatic heterocycles. The summed E-state index contributed by atoms with van der Waals surface area (Å²) in [4.78, 5) is 39.7. The number of nitrogens with one attached hydrogen (secondary N) is 2. The van der Waals surface area contributed by atoms with Crippen LogP contribution >= 0.6 is 11.3 Å². The number of fused-ring (bicyclic) bond motifs is 4. The summed E-state index contributed by atoms with van der Waals surface area (Å²) in [6.45, 7) is 5.42. The van der Waals surface area contributed by atoms with Gasteiger partial charge in [-0.3, -0.25) is 20.2 Å². The zero-order valence-corrected chi connectivity index (χ0v) is 18.2. The normalized spacial score (nSPS) is 26.4. The molecular weight excluding hydrogens is 441 g/mol. The highest BCUT2D eigenvalue weighted by atomic mass is 32.1. The van der Waals surface area contributed by atoms with Gasteiger partial charge >= 0.3 is 6.03 Å². The van der Waals surface area contributed by atoms with E-state index in [-0.39, 0.29) is 30.3 Å². The fourth-order valence-corrected chi connectivity index (χ4v) is 5.83. The number of carbonyl (C=O) groups excluding carboxylic acids is 3. The molecule has 12 heteroatoms. The van der Waals surface area contributed by atoms with Crippen LogP contribution in [0.5, 0.6) is 5.75 Å². The summed E-state index contributed by atoms with van der Waals surface area (Å²) in [5, 5.41) is 23.9. The Morgan fingerprint density at radius 1 is 1.25 bits per heavy atom. The molecule has 4 heterocycles. The van der Waals surface area contributed by atoms with Crippen molar-refractivity contribution in [1.82, 2.24) is 20.8 Å². The fourth-order valence-electron chi connectivity index (χ4n) is 5.12. The standard InChI is InChI=1S/C20H20FN5O5S/c1-7-6-26-13-10(4-11(14(27)12(13)21)16-25-24-9(3)32-16)5-20(15(26)8(2)31-7)17(28)22-19(30)23-18(20)29/h4,7-8,15,27H,5-6H2,1-3H3,(H2,22,23,28,29,30)/t7-,8+,15?/m0/s1. The highest BCUT2D eigenvalue weighted by molar-refractivity contribution is 7.14. The van der Waals surface area contributed by atoms with Crippen LogP contribution in [0, 0.1) is 18.2 Å². The first-order valence-corrected chi connectivity index (χ1v) is 10.9. The number of nitrogens with zero attached hydrogens (tertiary/aromatic N) is 3. The molecule has 1 unspecified atom stereocenters. The van der Waals surface area contributed by atoms with Crippen molar-refractivity contribution in [3.63, 3.8) is 0 Å². The highest BCUT2D eigenvalue weighted by Crippen LogP contribution is 2.51. The van der Waals surface area contributed by atoms with Crippen molar-refractivity contribution < 1.29 is 28.6 Å². The summed E-state index contributed by atoms with van der Waals surface area (Å²) >= 11 is 1.18. The molecule has 1 spiro atoms. The van der Waals surface area contributed by atoms with Crippen molar-refractivity contribution >= 4 is 34.9 Å². The number of morpholine rings is 1. The monoisotopic (exact) mass is 461 g/mol. The molecule has 5 rings (SSSR count). The highest BCUT2D eigenvalue weighted by Gasteiger charge is 2.63. The zero-order chi connectivity index (χ0) is 22.9. The number of rotatable bonds is 1. The van der Waals surface area contributed by atoms with Crippen LogP contribution in [0.25, 0.3) is 10.6 Å². The number of hydrogen-bond acceptors (Lipinski definition) is 9. The van der Waals surface area contributed by atoms with E-state index in [0.717, 1.165) is 0 Å². The van der Waals surface area contributed by atoms with E-state index in [2.05, 4.69) is 20.8 Å². The SMILES string of the molecule is Cc1nnc(-c2cc3c(c(F)c2O)N2C[C@H](C)O[C@H](C)C2C2(C3)C(=O)NC(=O)NC2=O)s1. The maximum atomic E-state index is 15.6. The van der Waals surface area contributed by atoms with Crippen LogP contribution in [0.2, 0.25) is 0 Å².